The number of amides is 1. The van der Waals surface area contributed by atoms with E-state index < -0.39 is 0 Å². The van der Waals surface area contributed by atoms with E-state index in [1.807, 2.05) is 80.6 Å². The van der Waals surface area contributed by atoms with E-state index in [2.05, 4.69) is 0 Å². The predicted octanol–water partition coefficient (Wildman–Crippen LogP) is 6.88. The molecule has 1 heterocycles. The fraction of sp³-hybridized carbons (Fsp3) is 0.259. The minimum absolute atomic E-state index is 0.0715. The van der Waals surface area contributed by atoms with Crippen molar-refractivity contribution in [3.63, 3.8) is 0 Å². The Kier molecular flexibility index (Phi) is 7.15. The van der Waals surface area contributed by atoms with Gasteiger partial charge in [-0.3, -0.25) is 14.7 Å². The Balaban J connectivity index is 1.91. The third-order valence-electron chi connectivity index (χ3n) is 5.62. The molecule has 0 saturated heterocycles. The van der Waals surface area contributed by atoms with Gasteiger partial charge in [-0.1, -0.05) is 47.5 Å². The number of aliphatic imine (C=N–C) groups is 1. The summed E-state index contributed by atoms with van der Waals surface area (Å²) in [6.45, 7) is 5.46. The van der Waals surface area contributed by atoms with E-state index in [0.29, 0.717) is 27.4 Å². The maximum absolute atomic E-state index is 13.1. The van der Waals surface area contributed by atoms with Crippen LogP contribution in [0.3, 0.4) is 0 Å². The number of nitrogens with zero attached hydrogens (tertiary/aromatic N) is 2. The lowest BCUT2D eigenvalue weighted by molar-refractivity contribution is -0.126. The van der Waals surface area contributed by atoms with Crippen LogP contribution in [-0.2, 0) is 4.79 Å². The molecule has 0 bridgehead atoms. The number of ether oxygens (including phenoxy) is 2. The van der Waals surface area contributed by atoms with Crippen LogP contribution >= 0.6 is 23.2 Å². The molecule has 0 fully saturated rings. The first-order valence-corrected chi connectivity index (χ1v) is 11.8. The molecular weight excluding hydrogens is 471 g/mol. The minimum Gasteiger partial charge on any atom is -0.497 e. The molecule has 1 amide bonds. The van der Waals surface area contributed by atoms with E-state index in [4.69, 9.17) is 37.7 Å². The van der Waals surface area contributed by atoms with Gasteiger partial charge in [-0.25, -0.2) is 0 Å². The first kappa shape index (κ1) is 24.1. The van der Waals surface area contributed by atoms with Gasteiger partial charge >= 0.3 is 0 Å². The summed E-state index contributed by atoms with van der Waals surface area (Å²) in [4.78, 5) is 19.9. The maximum atomic E-state index is 13.1. The topological polar surface area (TPSA) is 51.1 Å². The third-order valence-corrected chi connectivity index (χ3v) is 6.13. The maximum Gasteiger partial charge on any atom is 0.225 e. The molecule has 3 aromatic carbocycles. The SMILES string of the molecule is COc1ccc(C2=NC(c3ccc(Cl)cc3)C(c3ccc(Cl)cc3)N2C(C)=O)c(OC(C)C)c1. The van der Waals surface area contributed by atoms with Crippen LogP contribution in [0.15, 0.2) is 71.7 Å². The number of carbonyl (C=O) groups excluding carboxylic acids is 1. The quantitative estimate of drug-likeness (QED) is 0.373. The molecule has 1 aliphatic rings. The van der Waals surface area contributed by atoms with Gasteiger partial charge in [0.05, 0.1) is 24.8 Å². The molecule has 0 aromatic heterocycles. The molecule has 34 heavy (non-hydrogen) atoms. The van der Waals surface area contributed by atoms with Crippen molar-refractivity contribution >= 4 is 34.9 Å². The van der Waals surface area contributed by atoms with Crippen LogP contribution in [0.2, 0.25) is 10.0 Å². The lowest BCUT2D eigenvalue weighted by atomic mass is 9.93. The monoisotopic (exact) mass is 496 g/mol. The van der Waals surface area contributed by atoms with Crippen LogP contribution in [0.5, 0.6) is 11.5 Å². The van der Waals surface area contributed by atoms with Crippen LogP contribution in [0.1, 0.15) is 49.5 Å². The summed E-state index contributed by atoms with van der Waals surface area (Å²) in [5, 5.41) is 1.27. The van der Waals surface area contributed by atoms with Crippen molar-refractivity contribution in [3.05, 3.63) is 93.5 Å². The second-order valence-electron chi connectivity index (χ2n) is 8.36. The number of halogens is 2. The van der Waals surface area contributed by atoms with E-state index in [1.54, 1.807) is 18.9 Å². The van der Waals surface area contributed by atoms with Crippen molar-refractivity contribution in [2.45, 2.75) is 39.0 Å². The Bertz CT molecular complexity index is 1210. The first-order chi connectivity index (χ1) is 16.3. The van der Waals surface area contributed by atoms with E-state index in [0.717, 1.165) is 16.7 Å². The van der Waals surface area contributed by atoms with E-state index >= 15 is 0 Å². The van der Waals surface area contributed by atoms with Gasteiger partial charge in [-0.15, -0.1) is 0 Å². The van der Waals surface area contributed by atoms with Crippen molar-refractivity contribution in [2.24, 2.45) is 4.99 Å². The lowest BCUT2D eigenvalue weighted by Crippen LogP contribution is -2.36. The number of methoxy groups -OCH3 is 1. The van der Waals surface area contributed by atoms with E-state index in [-0.39, 0.29) is 24.1 Å². The standard InChI is InChI=1S/C27H26Cl2N2O3/c1-16(2)34-24-15-22(33-4)13-14-23(24)27-30-25(18-5-9-20(28)10-6-18)26(31(27)17(3)32)19-7-11-21(29)12-8-19/h5-16,25-26H,1-4H3. The lowest BCUT2D eigenvalue weighted by Gasteiger charge is -2.29. The molecule has 0 spiro atoms. The van der Waals surface area contributed by atoms with Crippen molar-refractivity contribution in [1.29, 1.82) is 0 Å². The Labute approximate surface area is 209 Å². The van der Waals surface area contributed by atoms with Gasteiger partial charge in [0.2, 0.25) is 5.91 Å². The molecule has 2 atom stereocenters. The average Bonchev–Trinajstić information content (AvgIpc) is 3.20. The van der Waals surface area contributed by atoms with Gasteiger partial charge in [0, 0.05) is 23.0 Å². The normalized spacial score (nSPS) is 17.6. The second kappa shape index (κ2) is 10.1. The van der Waals surface area contributed by atoms with Gasteiger partial charge < -0.3 is 9.47 Å². The molecule has 4 rings (SSSR count). The molecule has 2 unspecified atom stereocenters. The smallest absolute Gasteiger partial charge is 0.225 e. The Morgan fingerprint density at radius 2 is 1.53 bits per heavy atom. The molecular formula is C27H26Cl2N2O3. The van der Waals surface area contributed by atoms with Crippen molar-refractivity contribution in [3.8, 4) is 11.5 Å². The molecule has 0 aliphatic carbocycles. The fourth-order valence-electron chi connectivity index (χ4n) is 4.16. The van der Waals surface area contributed by atoms with Crippen LogP contribution in [0.25, 0.3) is 0 Å². The highest BCUT2D eigenvalue weighted by molar-refractivity contribution is 6.30. The molecule has 176 valence electrons. The number of carbonyl (C=O) groups is 1. The van der Waals surface area contributed by atoms with Gasteiger partial charge in [-0.05, 0) is 61.4 Å². The molecule has 7 heteroatoms. The highest BCUT2D eigenvalue weighted by Gasteiger charge is 2.41. The summed E-state index contributed by atoms with van der Waals surface area (Å²) < 4.78 is 11.5. The molecule has 5 nitrogen and oxygen atoms in total. The van der Waals surface area contributed by atoms with Crippen LogP contribution in [0.4, 0.5) is 0 Å². The fourth-order valence-corrected chi connectivity index (χ4v) is 4.41. The number of hydrogen-bond donors (Lipinski definition) is 0. The molecule has 3 aromatic rings. The highest BCUT2D eigenvalue weighted by atomic mass is 35.5. The zero-order valence-corrected chi connectivity index (χ0v) is 21.0. The molecule has 1 aliphatic heterocycles. The highest BCUT2D eigenvalue weighted by Crippen LogP contribution is 2.45. The summed E-state index contributed by atoms with van der Waals surface area (Å²) in [7, 11) is 1.61. The van der Waals surface area contributed by atoms with Gasteiger partial charge in [0.25, 0.3) is 0 Å². The van der Waals surface area contributed by atoms with Gasteiger partial charge in [-0.2, -0.15) is 0 Å². The van der Waals surface area contributed by atoms with Crippen LogP contribution < -0.4 is 9.47 Å². The number of rotatable bonds is 6. The van der Waals surface area contributed by atoms with Gasteiger partial charge in [0.1, 0.15) is 23.4 Å². The van der Waals surface area contributed by atoms with Crippen molar-refractivity contribution < 1.29 is 14.3 Å². The second-order valence-corrected chi connectivity index (χ2v) is 9.24. The molecule has 0 N–H and O–H groups in total. The zero-order valence-electron chi connectivity index (χ0n) is 19.5. The summed E-state index contributed by atoms with van der Waals surface area (Å²) in [6.07, 6.45) is -0.0715. The molecule has 0 saturated carbocycles. The minimum atomic E-state index is -0.361. The summed E-state index contributed by atoms with van der Waals surface area (Å²) in [5.41, 5.74) is 2.60. The van der Waals surface area contributed by atoms with E-state index in [9.17, 15) is 4.79 Å². The Morgan fingerprint density at radius 3 is 2.06 bits per heavy atom. The summed E-state index contributed by atoms with van der Waals surface area (Å²) in [5.74, 6) is 1.69. The summed E-state index contributed by atoms with van der Waals surface area (Å²) in [6, 6.07) is 19.9. The zero-order chi connectivity index (χ0) is 24.4. The predicted molar refractivity (Wildman–Crippen MR) is 136 cm³/mol. The van der Waals surface area contributed by atoms with Crippen molar-refractivity contribution in [1.82, 2.24) is 4.90 Å². The van der Waals surface area contributed by atoms with Crippen LogP contribution in [0, 0.1) is 0 Å². The first-order valence-electron chi connectivity index (χ1n) is 11.0. The molecule has 0 radical (unpaired) electrons. The Hall–Kier alpha value is -3.02. The largest absolute Gasteiger partial charge is 0.497 e. The van der Waals surface area contributed by atoms with Gasteiger partial charge in [0.15, 0.2) is 0 Å². The number of benzene rings is 3. The number of amidine groups is 1. The van der Waals surface area contributed by atoms with E-state index in [1.165, 1.54) is 0 Å². The van der Waals surface area contributed by atoms with Crippen molar-refractivity contribution in [2.75, 3.05) is 7.11 Å². The summed E-state index contributed by atoms with van der Waals surface area (Å²) >= 11 is 12.3. The van der Waals surface area contributed by atoms with Crippen LogP contribution in [-0.4, -0.2) is 29.9 Å². The third kappa shape index (κ3) is 4.91. The average molecular weight is 497 g/mol. The number of hydrogen-bond acceptors (Lipinski definition) is 4. The Morgan fingerprint density at radius 1 is 0.941 bits per heavy atom.